The second-order valence-corrected chi connectivity index (χ2v) is 6.16. The van der Waals surface area contributed by atoms with Crippen LogP contribution in [0.1, 0.15) is 10.5 Å². The van der Waals surface area contributed by atoms with Crippen molar-refractivity contribution in [2.75, 3.05) is 6.54 Å². The first kappa shape index (κ1) is 19.1. The number of hydrogen-bond donors (Lipinski definition) is 1. The van der Waals surface area contributed by atoms with Gasteiger partial charge in [0.25, 0.3) is 11.5 Å². The first-order valence-corrected chi connectivity index (χ1v) is 8.91. The number of nitrogens with one attached hydrogen (secondary N) is 1. The van der Waals surface area contributed by atoms with Crippen LogP contribution in [0.25, 0.3) is 17.1 Å². The Morgan fingerprint density at radius 2 is 1.87 bits per heavy atom. The van der Waals surface area contributed by atoms with Crippen molar-refractivity contribution in [1.82, 2.24) is 40.1 Å². The molecule has 0 bridgehead atoms. The van der Waals surface area contributed by atoms with E-state index in [1.165, 1.54) is 46.3 Å². The lowest BCUT2D eigenvalue weighted by Gasteiger charge is -2.08. The van der Waals surface area contributed by atoms with Gasteiger partial charge in [-0.05, 0) is 42.5 Å². The summed E-state index contributed by atoms with van der Waals surface area (Å²) in [5.74, 6) is -0.361. The van der Waals surface area contributed by atoms with Gasteiger partial charge in [0.1, 0.15) is 18.5 Å². The van der Waals surface area contributed by atoms with Crippen molar-refractivity contribution in [2.24, 2.45) is 0 Å². The molecule has 150 valence electrons. The summed E-state index contributed by atoms with van der Waals surface area (Å²) in [6, 6.07) is 11.8. The molecular weight excluding hydrogens is 391 g/mol. The van der Waals surface area contributed by atoms with Gasteiger partial charge in [-0.15, -0.1) is 10.2 Å². The third-order valence-corrected chi connectivity index (χ3v) is 4.15. The highest BCUT2D eigenvalue weighted by atomic mass is 19.1. The Hall–Kier alpha value is -4.28. The van der Waals surface area contributed by atoms with E-state index < -0.39 is 5.91 Å². The van der Waals surface area contributed by atoms with E-state index >= 15 is 0 Å². The topological polar surface area (TPSA) is 120 Å². The number of aromatic nitrogens is 7. The van der Waals surface area contributed by atoms with Gasteiger partial charge < -0.3 is 5.32 Å². The van der Waals surface area contributed by atoms with Gasteiger partial charge in [0.2, 0.25) is 0 Å². The molecule has 1 amide bonds. The molecular formula is C19H15FN8O2. The van der Waals surface area contributed by atoms with Crippen molar-refractivity contribution in [1.29, 1.82) is 0 Å². The fourth-order valence-electron chi connectivity index (χ4n) is 2.64. The predicted octanol–water partition coefficient (Wildman–Crippen LogP) is 0.850. The summed E-state index contributed by atoms with van der Waals surface area (Å²) in [6.45, 7) is 0.315. The number of benzene rings is 1. The molecule has 0 aliphatic rings. The van der Waals surface area contributed by atoms with E-state index in [-0.39, 0.29) is 30.2 Å². The van der Waals surface area contributed by atoms with Crippen molar-refractivity contribution in [3.8, 4) is 17.1 Å². The second kappa shape index (κ2) is 8.39. The summed E-state index contributed by atoms with van der Waals surface area (Å²) >= 11 is 0. The summed E-state index contributed by atoms with van der Waals surface area (Å²) in [4.78, 5) is 28.1. The van der Waals surface area contributed by atoms with Crippen LogP contribution >= 0.6 is 0 Å². The number of halogens is 1. The van der Waals surface area contributed by atoms with Crippen LogP contribution in [0.15, 0.2) is 66.0 Å². The van der Waals surface area contributed by atoms with Crippen LogP contribution in [0.5, 0.6) is 0 Å². The quantitative estimate of drug-likeness (QED) is 0.504. The first-order chi connectivity index (χ1) is 14.6. The Labute approximate surface area is 169 Å². The zero-order chi connectivity index (χ0) is 20.9. The molecule has 10 nitrogen and oxygen atoms in total. The Morgan fingerprint density at radius 1 is 1.03 bits per heavy atom. The summed E-state index contributed by atoms with van der Waals surface area (Å²) in [7, 11) is 0. The number of carbonyl (C=O) groups is 1. The zero-order valence-electron chi connectivity index (χ0n) is 15.5. The van der Waals surface area contributed by atoms with Gasteiger partial charge >= 0.3 is 0 Å². The molecule has 0 saturated carbocycles. The van der Waals surface area contributed by atoms with E-state index in [0.717, 1.165) is 0 Å². The van der Waals surface area contributed by atoms with Gasteiger partial charge in [0, 0.05) is 18.2 Å². The molecule has 30 heavy (non-hydrogen) atoms. The molecule has 0 spiro atoms. The third-order valence-electron chi connectivity index (χ3n) is 4.15. The highest BCUT2D eigenvalue weighted by molar-refractivity contribution is 5.92. The van der Waals surface area contributed by atoms with E-state index in [9.17, 15) is 14.0 Å². The number of hydrogen-bond acceptors (Lipinski definition) is 7. The molecule has 0 unspecified atom stereocenters. The van der Waals surface area contributed by atoms with E-state index in [1.54, 1.807) is 24.3 Å². The van der Waals surface area contributed by atoms with Crippen LogP contribution in [0.4, 0.5) is 4.39 Å². The predicted molar refractivity (Wildman–Crippen MR) is 103 cm³/mol. The molecule has 0 aliphatic carbocycles. The zero-order valence-corrected chi connectivity index (χ0v) is 15.5. The van der Waals surface area contributed by atoms with Crippen molar-refractivity contribution in [3.63, 3.8) is 0 Å². The Balaban J connectivity index is 1.39. The normalized spacial score (nSPS) is 10.7. The Bertz CT molecular complexity index is 1200. The van der Waals surface area contributed by atoms with Crippen LogP contribution in [0, 0.1) is 5.82 Å². The van der Waals surface area contributed by atoms with Gasteiger partial charge in [-0.3, -0.25) is 9.59 Å². The lowest BCUT2D eigenvalue weighted by molar-refractivity contribution is 0.0945. The minimum Gasteiger partial charge on any atom is -0.349 e. The molecule has 0 atom stereocenters. The molecule has 0 fully saturated rings. The van der Waals surface area contributed by atoms with E-state index in [2.05, 4.69) is 30.7 Å². The van der Waals surface area contributed by atoms with Crippen molar-refractivity contribution in [3.05, 3.63) is 83.1 Å². The fraction of sp³-hybridized carbons (Fsp3) is 0.105. The summed E-state index contributed by atoms with van der Waals surface area (Å²) < 4.78 is 15.7. The van der Waals surface area contributed by atoms with Crippen LogP contribution in [-0.4, -0.2) is 47.2 Å². The molecule has 3 aromatic heterocycles. The molecule has 0 aliphatic heterocycles. The molecule has 4 aromatic rings. The Morgan fingerprint density at radius 3 is 2.57 bits per heavy atom. The van der Waals surface area contributed by atoms with Crippen molar-refractivity contribution >= 4 is 5.91 Å². The van der Waals surface area contributed by atoms with Crippen molar-refractivity contribution < 1.29 is 9.18 Å². The summed E-state index contributed by atoms with van der Waals surface area (Å²) in [6.07, 6.45) is 2.83. The minimum absolute atomic E-state index is 0.124. The van der Waals surface area contributed by atoms with Crippen LogP contribution in [-0.2, 0) is 6.54 Å². The molecule has 3 heterocycles. The smallest absolute Gasteiger partial charge is 0.271 e. The van der Waals surface area contributed by atoms with Crippen LogP contribution in [0.2, 0.25) is 0 Å². The van der Waals surface area contributed by atoms with Gasteiger partial charge in [-0.1, -0.05) is 0 Å². The maximum absolute atomic E-state index is 13.1. The monoisotopic (exact) mass is 406 g/mol. The molecule has 4 rings (SSSR count). The van der Waals surface area contributed by atoms with Crippen LogP contribution in [0.3, 0.4) is 0 Å². The number of rotatable bonds is 6. The van der Waals surface area contributed by atoms with Gasteiger partial charge in [0.15, 0.2) is 11.5 Å². The summed E-state index contributed by atoms with van der Waals surface area (Å²) in [5.41, 5.74) is 1.01. The van der Waals surface area contributed by atoms with E-state index in [0.29, 0.717) is 17.1 Å². The lowest BCUT2D eigenvalue weighted by Crippen LogP contribution is -2.32. The average Bonchev–Trinajstić information content (AvgIpc) is 3.31. The molecule has 0 radical (unpaired) electrons. The average molecular weight is 406 g/mol. The number of amides is 1. The largest absolute Gasteiger partial charge is 0.349 e. The maximum Gasteiger partial charge on any atom is 0.271 e. The van der Waals surface area contributed by atoms with E-state index in [1.807, 2.05) is 0 Å². The van der Waals surface area contributed by atoms with Gasteiger partial charge in [-0.25, -0.2) is 18.7 Å². The van der Waals surface area contributed by atoms with Gasteiger partial charge in [-0.2, -0.15) is 10.2 Å². The fourth-order valence-corrected chi connectivity index (χ4v) is 2.64. The Kier molecular flexibility index (Phi) is 5.33. The maximum atomic E-state index is 13.1. The second-order valence-electron chi connectivity index (χ2n) is 6.16. The highest BCUT2D eigenvalue weighted by Crippen LogP contribution is 2.15. The number of nitrogens with zero attached hydrogens (tertiary/aromatic N) is 7. The SMILES string of the molecule is O=C(NCCn1nc(-c2ccc(F)cc2)ccc1=O)c1ccc(-n2cncn2)nn1. The summed E-state index contributed by atoms with van der Waals surface area (Å²) in [5, 5.41) is 18.7. The van der Waals surface area contributed by atoms with Crippen LogP contribution < -0.4 is 10.9 Å². The molecule has 1 aromatic carbocycles. The standard InChI is InChI=1S/C19H15FN8O2/c20-14-3-1-13(2-4-14)15-6-8-18(29)27(26-15)10-9-22-19(30)16-5-7-17(25-24-16)28-12-21-11-23-28/h1-8,11-12H,9-10H2,(H,22,30). The third kappa shape index (κ3) is 4.24. The van der Waals surface area contributed by atoms with E-state index in [4.69, 9.17) is 0 Å². The van der Waals surface area contributed by atoms with Gasteiger partial charge in [0.05, 0.1) is 12.2 Å². The molecule has 1 N–H and O–H groups in total. The molecule has 0 saturated heterocycles. The highest BCUT2D eigenvalue weighted by Gasteiger charge is 2.10. The lowest BCUT2D eigenvalue weighted by atomic mass is 10.1. The van der Waals surface area contributed by atoms with Crippen molar-refractivity contribution in [2.45, 2.75) is 6.54 Å². The minimum atomic E-state index is -0.435. The first-order valence-electron chi connectivity index (χ1n) is 8.91. The number of carbonyl (C=O) groups excluding carboxylic acids is 1. The molecule has 11 heteroatoms.